The van der Waals surface area contributed by atoms with E-state index in [2.05, 4.69) is 99.3 Å². The first-order chi connectivity index (χ1) is 32.7. The Kier molecular flexibility index (Phi) is 19.0. The predicted molar refractivity (Wildman–Crippen MR) is 242 cm³/mol. The Balaban J connectivity index is 0.000000196. The summed E-state index contributed by atoms with van der Waals surface area (Å²) in [7, 11) is 0. The molecule has 0 aliphatic carbocycles. The van der Waals surface area contributed by atoms with Crippen LogP contribution in [0.5, 0.6) is 0 Å². The van der Waals surface area contributed by atoms with Crippen LogP contribution in [0.2, 0.25) is 0 Å². The average Bonchev–Trinajstić information content (AvgIpc) is 3.36. The summed E-state index contributed by atoms with van der Waals surface area (Å²) in [6, 6.07) is 0. The first-order valence-corrected chi connectivity index (χ1v) is 21.6. The Bertz CT molecular complexity index is 1940. The van der Waals surface area contributed by atoms with Crippen molar-refractivity contribution in [1.82, 2.24) is 99.3 Å². The molecule has 0 aliphatic rings. The lowest BCUT2D eigenvalue weighted by atomic mass is 10.2. The first kappa shape index (κ1) is 46.5. The maximum atomic E-state index is 4.43. The maximum absolute atomic E-state index is 4.43. The molecule has 0 amide bonds. The lowest BCUT2D eigenvalue weighted by Gasteiger charge is -2.25. The van der Waals surface area contributed by atoms with Gasteiger partial charge in [0.2, 0.25) is 0 Å². The molecule has 0 saturated heterocycles. The van der Waals surface area contributed by atoms with Crippen LogP contribution in [-0.4, -0.2) is 126 Å². The number of aromatic nitrogens is 16. The van der Waals surface area contributed by atoms with Crippen LogP contribution in [0.1, 0.15) is 58.4 Å². The third-order valence-electron chi connectivity index (χ3n) is 9.92. The molecule has 8 heterocycles. The molecule has 0 aliphatic heterocycles. The van der Waals surface area contributed by atoms with Crippen molar-refractivity contribution < 1.29 is 0 Å². The molecule has 0 fully saturated rings. The third-order valence-corrected chi connectivity index (χ3v) is 9.92. The summed E-state index contributed by atoms with van der Waals surface area (Å²) in [5.74, 6) is 0. The second kappa shape index (κ2) is 27.0. The Labute approximate surface area is 383 Å². The van der Waals surface area contributed by atoms with E-state index in [-0.39, 0.29) is 0 Å². The van der Waals surface area contributed by atoms with Gasteiger partial charge in [-0.25, -0.2) is 0 Å². The van der Waals surface area contributed by atoms with Crippen molar-refractivity contribution in [3.05, 3.63) is 194 Å². The molecule has 0 atom stereocenters. The zero-order chi connectivity index (χ0) is 45.1. The normalized spacial score (nSPS) is 11.2. The highest BCUT2D eigenvalue weighted by atomic mass is 15.2. The molecule has 66 heavy (non-hydrogen) atoms. The largest absolute Gasteiger partial charge is 0.292 e. The molecule has 336 valence electrons. The van der Waals surface area contributed by atoms with Crippen molar-refractivity contribution in [2.75, 3.05) is 26.2 Å². The van der Waals surface area contributed by atoms with Crippen LogP contribution in [0.3, 0.4) is 0 Å². The molecule has 0 aromatic carbocycles. The Hall–Kier alpha value is -7.52. The van der Waals surface area contributed by atoms with Gasteiger partial charge in [-0.15, -0.1) is 0 Å². The van der Waals surface area contributed by atoms with Gasteiger partial charge in [-0.1, -0.05) is 0 Å². The second-order valence-corrected chi connectivity index (χ2v) is 15.1. The van der Waals surface area contributed by atoms with Crippen LogP contribution in [0.15, 0.2) is 149 Å². The van der Waals surface area contributed by atoms with Crippen LogP contribution < -0.4 is 0 Å². The number of nitrogens with zero attached hydrogens (tertiary/aromatic N) is 20. The molecule has 0 bridgehead atoms. The van der Waals surface area contributed by atoms with Crippen molar-refractivity contribution in [2.24, 2.45) is 0 Å². The first-order valence-electron chi connectivity index (χ1n) is 21.6. The quantitative estimate of drug-likeness (QED) is 0.0840. The highest BCUT2D eigenvalue weighted by Gasteiger charge is 2.15. The minimum absolute atomic E-state index is 0.693. The SMILES string of the molecule is c1cnc(CN(CCCN(Cc2cnccn2)Cc2cnccn2)Cc2cnccn2)cn1.c1cnc(CN(CCCN(Cc2cnccn2)Cc2cnccn2)Cc2cnccn2)cn1. The summed E-state index contributed by atoms with van der Waals surface area (Å²) >= 11 is 0. The molecular formula is C46H52N20. The average molecular weight is 885 g/mol. The van der Waals surface area contributed by atoms with Gasteiger partial charge in [0, 0.05) is 227 Å². The zero-order valence-electron chi connectivity index (χ0n) is 36.7. The van der Waals surface area contributed by atoms with Gasteiger partial charge in [-0.3, -0.25) is 99.3 Å². The van der Waals surface area contributed by atoms with Crippen LogP contribution in [0, 0.1) is 0 Å². The van der Waals surface area contributed by atoms with Crippen molar-refractivity contribution >= 4 is 0 Å². The molecule has 0 radical (unpaired) electrons. The van der Waals surface area contributed by atoms with E-state index in [9.17, 15) is 0 Å². The fourth-order valence-electron chi connectivity index (χ4n) is 7.02. The fraction of sp³-hybridized carbons (Fsp3) is 0.304. The molecule has 8 rings (SSSR count). The van der Waals surface area contributed by atoms with Gasteiger partial charge >= 0.3 is 0 Å². The summed E-state index contributed by atoms with van der Waals surface area (Å²) in [6.07, 6.45) is 43.6. The summed E-state index contributed by atoms with van der Waals surface area (Å²) in [4.78, 5) is 78.3. The highest BCUT2D eigenvalue weighted by Crippen LogP contribution is 2.12. The third kappa shape index (κ3) is 17.2. The van der Waals surface area contributed by atoms with Gasteiger partial charge in [0.25, 0.3) is 0 Å². The minimum Gasteiger partial charge on any atom is -0.292 e. The smallest absolute Gasteiger partial charge is 0.0726 e. The Morgan fingerprint density at radius 2 is 0.364 bits per heavy atom. The molecule has 0 unspecified atom stereocenters. The maximum Gasteiger partial charge on any atom is 0.0726 e. The fourth-order valence-corrected chi connectivity index (χ4v) is 7.02. The second-order valence-electron chi connectivity index (χ2n) is 15.1. The molecule has 0 spiro atoms. The van der Waals surface area contributed by atoms with Crippen LogP contribution in [0.25, 0.3) is 0 Å². The molecule has 0 saturated carbocycles. The molecule has 8 aromatic rings. The standard InChI is InChI=1S/2C23H26N10/c2*1(10-32(16-20-12-24-2-6-28-20)17-21-13-25-3-7-29-21)11-33(18-22-14-26-4-8-30-22)19-23-15-27-5-9-31-23/h2*2-9,12-15H,1,10-11,16-19H2. The van der Waals surface area contributed by atoms with Gasteiger partial charge < -0.3 is 0 Å². The molecule has 0 N–H and O–H groups in total. The van der Waals surface area contributed by atoms with E-state index in [1.54, 1.807) is 149 Å². The Morgan fingerprint density at radius 3 is 0.485 bits per heavy atom. The van der Waals surface area contributed by atoms with Gasteiger partial charge in [0.05, 0.1) is 45.6 Å². The van der Waals surface area contributed by atoms with Crippen LogP contribution >= 0.6 is 0 Å². The van der Waals surface area contributed by atoms with Crippen molar-refractivity contribution in [1.29, 1.82) is 0 Å². The molecule has 20 heteroatoms. The summed E-state index contributed by atoms with van der Waals surface area (Å²) in [6.45, 7) is 9.01. The van der Waals surface area contributed by atoms with Gasteiger partial charge in [0.15, 0.2) is 0 Å². The minimum atomic E-state index is 0.693. The Morgan fingerprint density at radius 1 is 0.212 bits per heavy atom. The molecule has 20 nitrogen and oxygen atoms in total. The van der Waals surface area contributed by atoms with Crippen LogP contribution in [-0.2, 0) is 52.4 Å². The lowest BCUT2D eigenvalue weighted by Crippen LogP contribution is -2.30. The number of hydrogen-bond acceptors (Lipinski definition) is 20. The van der Waals surface area contributed by atoms with E-state index in [1.807, 2.05) is 0 Å². The number of hydrogen-bond donors (Lipinski definition) is 0. The van der Waals surface area contributed by atoms with E-state index in [1.165, 1.54) is 0 Å². The summed E-state index contributed by atoms with van der Waals surface area (Å²) < 4.78 is 0. The van der Waals surface area contributed by atoms with E-state index in [0.717, 1.165) is 84.6 Å². The van der Waals surface area contributed by atoms with Crippen molar-refractivity contribution in [2.45, 2.75) is 65.2 Å². The van der Waals surface area contributed by atoms with E-state index >= 15 is 0 Å². The van der Waals surface area contributed by atoms with Crippen LogP contribution in [0.4, 0.5) is 0 Å². The lowest BCUT2D eigenvalue weighted by molar-refractivity contribution is 0.202. The predicted octanol–water partition coefficient (Wildman–Crippen LogP) is 3.88. The van der Waals surface area contributed by atoms with Gasteiger partial charge in [-0.05, 0) is 12.8 Å². The van der Waals surface area contributed by atoms with Crippen molar-refractivity contribution in [3.8, 4) is 0 Å². The summed E-state index contributed by atoms with van der Waals surface area (Å²) in [5, 5.41) is 0. The van der Waals surface area contributed by atoms with Gasteiger partial charge in [-0.2, -0.15) is 0 Å². The van der Waals surface area contributed by atoms with E-state index in [0.29, 0.717) is 52.4 Å². The molecule has 8 aromatic heterocycles. The monoisotopic (exact) mass is 884 g/mol. The number of rotatable bonds is 24. The zero-order valence-corrected chi connectivity index (χ0v) is 36.7. The highest BCUT2D eigenvalue weighted by molar-refractivity contribution is 5.02. The van der Waals surface area contributed by atoms with E-state index < -0.39 is 0 Å². The van der Waals surface area contributed by atoms with E-state index in [4.69, 9.17) is 0 Å². The summed E-state index contributed by atoms with van der Waals surface area (Å²) in [5.41, 5.74) is 7.42. The topological polar surface area (TPSA) is 219 Å². The van der Waals surface area contributed by atoms with Gasteiger partial charge in [0.1, 0.15) is 0 Å². The van der Waals surface area contributed by atoms with Crippen molar-refractivity contribution in [3.63, 3.8) is 0 Å². The molecular weight excluding hydrogens is 833 g/mol.